The molecule has 2 rings (SSSR count). The second-order valence-corrected chi connectivity index (χ2v) is 5.49. The molecule has 0 fully saturated rings. The van der Waals surface area contributed by atoms with Gasteiger partial charge >= 0.3 is 0 Å². The molecule has 0 amide bonds. The average molecular weight is 304 g/mol. The standard InChI is InChI=1S/C16H18BrN/c1-12-11-14(8-9-15(12)17)16(18)10-7-13-5-3-2-4-6-13/h2-6,8-9,11,16H,7,10,18H2,1H3. The molecule has 2 aromatic carbocycles. The van der Waals surface area contributed by atoms with Crippen LogP contribution in [0, 0.1) is 6.92 Å². The minimum absolute atomic E-state index is 0.108. The van der Waals surface area contributed by atoms with Gasteiger partial charge in [-0.05, 0) is 42.5 Å². The van der Waals surface area contributed by atoms with E-state index in [0.717, 1.165) is 17.3 Å². The van der Waals surface area contributed by atoms with Gasteiger partial charge < -0.3 is 5.73 Å². The minimum Gasteiger partial charge on any atom is -0.324 e. The van der Waals surface area contributed by atoms with Crippen LogP contribution in [0.25, 0.3) is 0 Å². The lowest BCUT2D eigenvalue weighted by Crippen LogP contribution is -2.11. The van der Waals surface area contributed by atoms with Crippen LogP contribution in [-0.4, -0.2) is 0 Å². The van der Waals surface area contributed by atoms with Crippen molar-refractivity contribution in [3.05, 3.63) is 69.7 Å². The van der Waals surface area contributed by atoms with E-state index in [1.54, 1.807) is 0 Å². The van der Waals surface area contributed by atoms with Gasteiger partial charge in [0.05, 0.1) is 0 Å². The summed E-state index contributed by atoms with van der Waals surface area (Å²) in [5.74, 6) is 0. The third-order valence-electron chi connectivity index (χ3n) is 3.20. The van der Waals surface area contributed by atoms with Gasteiger partial charge in [0, 0.05) is 10.5 Å². The SMILES string of the molecule is Cc1cc(C(N)CCc2ccccc2)ccc1Br. The van der Waals surface area contributed by atoms with E-state index in [9.17, 15) is 0 Å². The zero-order valence-corrected chi connectivity index (χ0v) is 12.2. The highest BCUT2D eigenvalue weighted by atomic mass is 79.9. The number of rotatable bonds is 4. The second-order valence-electron chi connectivity index (χ2n) is 4.64. The number of halogens is 1. The van der Waals surface area contributed by atoms with Crippen molar-refractivity contribution >= 4 is 15.9 Å². The molecule has 0 saturated heterocycles. The molecule has 0 spiro atoms. The molecule has 1 unspecified atom stereocenters. The third-order valence-corrected chi connectivity index (χ3v) is 4.09. The van der Waals surface area contributed by atoms with Crippen molar-refractivity contribution in [2.75, 3.05) is 0 Å². The van der Waals surface area contributed by atoms with Crippen LogP contribution in [0.4, 0.5) is 0 Å². The van der Waals surface area contributed by atoms with Crippen LogP contribution in [0.5, 0.6) is 0 Å². The van der Waals surface area contributed by atoms with Crippen molar-refractivity contribution in [1.82, 2.24) is 0 Å². The molecule has 0 aliphatic rings. The molecule has 0 aliphatic heterocycles. The average Bonchev–Trinajstić information content (AvgIpc) is 2.40. The summed E-state index contributed by atoms with van der Waals surface area (Å²) in [5, 5.41) is 0. The Morgan fingerprint density at radius 1 is 1.11 bits per heavy atom. The maximum atomic E-state index is 6.25. The minimum atomic E-state index is 0.108. The van der Waals surface area contributed by atoms with E-state index < -0.39 is 0 Å². The first-order valence-electron chi connectivity index (χ1n) is 6.22. The Balaban J connectivity index is 1.99. The molecule has 2 N–H and O–H groups in total. The van der Waals surface area contributed by atoms with E-state index in [0.29, 0.717) is 0 Å². The van der Waals surface area contributed by atoms with Gasteiger partial charge in [-0.2, -0.15) is 0 Å². The molecule has 0 aromatic heterocycles. The van der Waals surface area contributed by atoms with Crippen molar-refractivity contribution in [2.24, 2.45) is 5.73 Å². The van der Waals surface area contributed by atoms with Gasteiger partial charge in [-0.15, -0.1) is 0 Å². The van der Waals surface area contributed by atoms with Crippen LogP contribution in [0.1, 0.15) is 29.2 Å². The summed E-state index contributed by atoms with van der Waals surface area (Å²) < 4.78 is 1.14. The van der Waals surface area contributed by atoms with Gasteiger partial charge in [0.1, 0.15) is 0 Å². The number of hydrogen-bond acceptors (Lipinski definition) is 1. The van der Waals surface area contributed by atoms with Gasteiger partial charge in [-0.3, -0.25) is 0 Å². The molecule has 94 valence electrons. The van der Waals surface area contributed by atoms with Crippen molar-refractivity contribution in [1.29, 1.82) is 0 Å². The maximum absolute atomic E-state index is 6.25. The topological polar surface area (TPSA) is 26.0 Å². The third kappa shape index (κ3) is 3.44. The Hall–Kier alpha value is -1.12. The fourth-order valence-electron chi connectivity index (χ4n) is 2.03. The van der Waals surface area contributed by atoms with Gasteiger partial charge in [-0.1, -0.05) is 58.4 Å². The molecule has 0 aliphatic carbocycles. The first-order valence-corrected chi connectivity index (χ1v) is 7.01. The summed E-state index contributed by atoms with van der Waals surface area (Å²) in [6.07, 6.45) is 2.00. The largest absolute Gasteiger partial charge is 0.324 e. The lowest BCUT2D eigenvalue weighted by Gasteiger charge is -2.13. The lowest BCUT2D eigenvalue weighted by atomic mass is 9.98. The zero-order chi connectivity index (χ0) is 13.0. The summed E-state index contributed by atoms with van der Waals surface area (Å²) in [5.41, 5.74) is 10.0. The molecule has 0 bridgehead atoms. The number of nitrogens with two attached hydrogens (primary N) is 1. The molecule has 18 heavy (non-hydrogen) atoms. The van der Waals surface area contributed by atoms with Crippen molar-refractivity contribution in [3.63, 3.8) is 0 Å². The predicted octanol–water partition coefficient (Wildman–Crippen LogP) is 4.39. The molecule has 1 nitrogen and oxygen atoms in total. The fraction of sp³-hybridized carbons (Fsp3) is 0.250. The molecule has 2 heteroatoms. The second kappa shape index (κ2) is 6.17. The van der Waals surface area contributed by atoms with Gasteiger partial charge in [0.2, 0.25) is 0 Å². The molecule has 1 atom stereocenters. The Kier molecular flexibility index (Phi) is 4.56. The van der Waals surface area contributed by atoms with E-state index in [1.165, 1.54) is 16.7 Å². The normalized spacial score (nSPS) is 12.4. The van der Waals surface area contributed by atoms with Crippen LogP contribution in [0.15, 0.2) is 53.0 Å². The van der Waals surface area contributed by atoms with Gasteiger partial charge in [0.25, 0.3) is 0 Å². The monoisotopic (exact) mass is 303 g/mol. The van der Waals surface area contributed by atoms with E-state index in [2.05, 4.69) is 65.3 Å². The van der Waals surface area contributed by atoms with Gasteiger partial charge in [-0.25, -0.2) is 0 Å². The summed E-state index contributed by atoms with van der Waals surface area (Å²) in [6.45, 7) is 2.09. The van der Waals surface area contributed by atoms with E-state index in [4.69, 9.17) is 5.73 Å². The van der Waals surface area contributed by atoms with Crippen LogP contribution >= 0.6 is 15.9 Å². The van der Waals surface area contributed by atoms with Gasteiger partial charge in [0.15, 0.2) is 0 Å². The first kappa shape index (κ1) is 13.3. The maximum Gasteiger partial charge on any atom is 0.0298 e. The Labute approximate surface area is 117 Å². The van der Waals surface area contributed by atoms with E-state index >= 15 is 0 Å². The van der Waals surface area contributed by atoms with E-state index in [-0.39, 0.29) is 6.04 Å². The number of aryl methyl sites for hydroxylation is 2. The van der Waals surface area contributed by atoms with Crippen LogP contribution in [0.2, 0.25) is 0 Å². The Bertz CT molecular complexity index is 508. The smallest absolute Gasteiger partial charge is 0.0298 e. The Morgan fingerprint density at radius 2 is 1.83 bits per heavy atom. The first-order chi connectivity index (χ1) is 8.66. The molecule has 0 saturated carbocycles. The molecule has 2 aromatic rings. The molecule has 0 radical (unpaired) electrons. The summed E-state index contributed by atoms with van der Waals surface area (Å²) in [6, 6.07) is 17.0. The highest BCUT2D eigenvalue weighted by Crippen LogP contribution is 2.22. The van der Waals surface area contributed by atoms with Crippen LogP contribution < -0.4 is 5.73 Å². The highest BCUT2D eigenvalue weighted by molar-refractivity contribution is 9.10. The van der Waals surface area contributed by atoms with Crippen LogP contribution in [-0.2, 0) is 6.42 Å². The molecular weight excluding hydrogens is 286 g/mol. The van der Waals surface area contributed by atoms with Crippen molar-refractivity contribution in [3.8, 4) is 0 Å². The summed E-state index contributed by atoms with van der Waals surface area (Å²) in [7, 11) is 0. The highest BCUT2D eigenvalue weighted by Gasteiger charge is 2.07. The summed E-state index contributed by atoms with van der Waals surface area (Å²) in [4.78, 5) is 0. The quantitative estimate of drug-likeness (QED) is 0.890. The summed E-state index contributed by atoms with van der Waals surface area (Å²) >= 11 is 3.51. The number of hydrogen-bond donors (Lipinski definition) is 1. The van der Waals surface area contributed by atoms with Crippen molar-refractivity contribution in [2.45, 2.75) is 25.8 Å². The molecular formula is C16H18BrN. The zero-order valence-electron chi connectivity index (χ0n) is 10.6. The van der Waals surface area contributed by atoms with Crippen LogP contribution in [0.3, 0.4) is 0 Å². The molecule has 0 heterocycles. The predicted molar refractivity (Wildman–Crippen MR) is 80.6 cm³/mol. The fourth-order valence-corrected chi connectivity index (χ4v) is 2.28. The van der Waals surface area contributed by atoms with Crippen molar-refractivity contribution < 1.29 is 0 Å². The Morgan fingerprint density at radius 3 is 2.50 bits per heavy atom. The number of benzene rings is 2. The lowest BCUT2D eigenvalue weighted by molar-refractivity contribution is 0.651. The van der Waals surface area contributed by atoms with E-state index in [1.807, 2.05) is 6.07 Å².